The van der Waals surface area contributed by atoms with Gasteiger partial charge in [-0.15, -0.1) is 0 Å². The standard InChI is InChI=1S/C11H20N2/c1-4-5-6-7-11-10(3)13-9(2)8-12-11/h9H,4-8H2,1-3H3/t9-/m0/s1. The molecule has 0 spiro atoms. The molecule has 0 saturated carbocycles. The summed E-state index contributed by atoms with van der Waals surface area (Å²) in [5.74, 6) is 0. The summed E-state index contributed by atoms with van der Waals surface area (Å²) in [5, 5.41) is 0. The molecule has 0 amide bonds. The maximum Gasteiger partial charge on any atom is 0.0670 e. The Morgan fingerprint density at radius 3 is 2.77 bits per heavy atom. The molecule has 0 fully saturated rings. The van der Waals surface area contributed by atoms with Gasteiger partial charge >= 0.3 is 0 Å². The Kier molecular flexibility index (Phi) is 4.13. The number of hydrogen-bond donors (Lipinski definition) is 0. The van der Waals surface area contributed by atoms with Gasteiger partial charge in [-0.25, -0.2) is 0 Å². The van der Waals surface area contributed by atoms with Crippen LogP contribution in [-0.4, -0.2) is 24.0 Å². The molecule has 0 saturated heterocycles. The second-order valence-corrected chi connectivity index (χ2v) is 3.81. The molecule has 13 heavy (non-hydrogen) atoms. The summed E-state index contributed by atoms with van der Waals surface area (Å²) in [5.41, 5.74) is 2.40. The summed E-state index contributed by atoms with van der Waals surface area (Å²) >= 11 is 0. The first kappa shape index (κ1) is 10.4. The third-order valence-electron chi connectivity index (χ3n) is 2.40. The van der Waals surface area contributed by atoms with Gasteiger partial charge in [-0.05, 0) is 26.7 Å². The number of nitrogens with zero attached hydrogens (tertiary/aromatic N) is 2. The highest BCUT2D eigenvalue weighted by Gasteiger charge is 2.11. The highest BCUT2D eigenvalue weighted by atomic mass is 14.9. The van der Waals surface area contributed by atoms with Crippen molar-refractivity contribution in [2.75, 3.05) is 6.54 Å². The van der Waals surface area contributed by atoms with Crippen LogP contribution in [0.15, 0.2) is 9.98 Å². The average molecular weight is 180 g/mol. The molecule has 0 N–H and O–H groups in total. The van der Waals surface area contributed by atoms with Crippen molar-refractivity contribution in [1.82, 2.24) is 0 Å². The molecular formula is C11H20N2. The number of aliphatic imine (C=N–C) groups is 2. The van der Waals surface area contributed by atoms with Crippen molar-refractivity contribution in [3.05, 3.63) is 0 Å². The Hall–Kier alpha value is -0.660. The average Bonchev–Trinajstić information content (AvgIpc) is 2.09. The van der Waals surface area contributed by atoms with Crippen LogP contribution in [0.25, 0.3) is 0 Å². The molecule has 1 heterocycles. The van der Waals surface area contributed by atoms with Gasteiger partial charge < -0.3 is 0 Å². The SMILES string of the molecule is CCCCCC1=NC[C@H](C)N=C1C. The number of hydrogen-bond acceptors (Lipinski definition) is 2. The van der Waals surface area contributed by atoms with Gasteiger partial charge in [0.15, 0.2) is 0 Å². The van der Waals surface area contributed by atoms with Crippen molar-refractivity contribution in [3.8, 4) is 0 Å². The lowest BCUT2D eigenvalue weighted by Gasteiger charge is -2.15. The first-order valence-electron chi connectivity index (χ1n) is 5.32. The van der Waals surface area contributed by atoms with E-state index in [9.17, 15) is 0 Å². The molecule has 74 valence electrons. The minimum absolute atomic E-state index is 0.398. The van der Waals surface area contributed by atoms with Crippen LogP contribution in [0.3, 0.4) is 0 Å². The van der Waals surface area contributed by atoms with Gasteiger partial charge in [0.05, 0.1) is 24.0 Å². The van der Waals surface area contributed by atoms with E-state index in [1.165, 1.54) is 25.0 Å². The van der Waals surface area contributed by atoms with E-state index in [1.54, 1.807) is 0 Å². The molecule has 1 aliphatic rings. The monoisotopic (exact) mass is 180 g/mol. The van der Waals surface area contributed by atoms with E-state index in [1.807, 2.05) is 0 Å². The molecule has 1 rings (SSSR count). The largest absolute Gasteiger partial charge is 0.286 e. The zero-order valence-corrected chi connectivity index (χ0v) is 9.01. The van der Waals surface area contributed by atoms with Gasteiger partial charge in [0, 0.05) is 0 Å². The molecule has 1 aliphatic heterocycles. The smallest absolute Gasteiger partial charge is 0.0670 e. The summed E-state index contributed by atoms with van der Waals surface area (Å²) in [7, 11) is 0. The predicted molar refractivity (Wildman–Crippen MR) is 59.0 cm³/mol. The van der Waals surface area contributed by atoms with Crippen molar-refractivity contribution in [3.63, 3.8) is 0 Å². The van der Waals surface area contributed by atoms with Crippen molar-refractivity contribution in [1.29, 1.82) is 0 Å². The van der Waals surface area contributed by atoms with E-state index in [0.717, 1.165) is 18.7 Å². The van der Waals surface area contributed by atoms with E-state index in [-0.39, 0.29) is 0 Å². The fourth-order valence-electron chi connectivity index (χ4n) is 1.61. The van der Waals surface area contributed by atoms with E-state index >= 15 is 0 Å². The first-order chi connectivity index (χ1) is 6.24. The van der Waals surface area contributed by atoms with Gasteiger partial charge in [0.1, 0.15) is 0 Å². The zero-order chi connectivity index (χ0) is 9.68. The van der Waals surface area contributed by atoms with Crippen LogP contribution < -0.4 is 0 Å². The maximum absolute atomic E-state index is 4.55. The van der Waals surface area contributed by atoms with Crippen molar-refractivity contribution in [2.24, 2.45) is 9.98 Å². The molecule has 0 aromatic heterocycles. The van der Waals surface area contributed by atoms with E-state index in [0.29, 0.717) is 6.04 Å². The van der Waals surface area contributed by atoms with Crippen molar-refractivity contribution >= 4 is 11.4 Å². The topological polar surface area (TPSA) is 24.7 Å². The van der Waals surface area contributed by atoms with Crippen LogP contribution in [0.2, 0.25) is 0 Å². The van der Waals surface area contributed by atoms with E-state index < -0.39 is 0 Å². The predicted octanol–water partition coefficient (Wildman–Crippen LogP) is 2.87. The fourth-order valence-corrected chi connectivity index (χ4v) is 1.61. The lowest BCUT2D eigenvalue weighted by molar-refractivity contribution is 0.721. The molecule has 0 unspecified atom stereocenters. The lowest BCUT2D eigenvalue weighted by Crippen LogP contribution is -2.21. The van der Waals surface area contributed by atoms with Gasteiger partial charge in [-0.2, -0.15) is 0 Å². The van der Waals surface area contributed by atoms with Gasteiger partial charge in [-0.3, -0.25) is 9.98 Å². The van der Waals surface area contributed by atoms with Crippen molar-refractivity contribution in [2.45, 2.75) is 52.5 Å². The summed E-state index contributed by atoms with van der Waals surface area (Å²) in [6.07, 6.45) is 4.97. The van der Waals surface area contributed by atoms with Crippen LogP contribution in [0.5, 0.6) is 0 Å². The summed E-state index contributed by atoms with van der Waals surface area (Å²) < 4.78 is 0. The normalized spacial score (nSPS) is 22.5. The molecule has 0 aromatic carbocycles. The first-order valence-corrected chi connectivity index (χ1v) is 5.32. The Labute approximate surface area is 81.2 Å². The minimum atomic E-state index is 0.398. The zero-order valence-electron chi connectivity index (χ0n) is 9.01. The Balaban J connectivity index is 2.38. The minimum Gasteiger partial charge on any atom is -0.286 e. The third-order valence-corrected chi connectivity index (χ3v) is 2.40. The molecule has 0 radical (unpaired) electrons. The van der Waals surface area contributed by atoms with Crippen LogP contribution in [0.1, 0.15) is 46.5 Å². The van der Waals surface area contributed by atoms with Crippen LogP contribution in [0, 0.1) is 0 Å². The molecule has 0 bridgehead atoms. The van der Waals surface area contributed by atoms with Crippen LogP contribution in [-0.2, 0) is 0 Å². The molecular weight excluding hydrogens is 160 g/mol. The van der Waals surface area contributed by atoms with E-state index in [2.05, 4.69) is 30.8 Å². The van der Waals surface area contributed by atoms with Gasteiger partial charge in [0.25, 0.3) is 0 Å². The number of unbranched alkanes of at least 4 members (excludes halogenated alkanes) is 2. The Morgan fingerprint density at radius 1 is 1.38 bits per heavy atom. The fraction of sp³-hybridized carbons (Fsp3) is 0.818. The number of rotatable bonds is 4. The van der Waals surface area contributed by atoms with Crippen molar-refractivity contribution < 1.29 is 0 Å². The molecule has 2 heteroatoms. The van der Waals surface area contributed by atoms with Crippen LogP contribution >= 0.6 is 0 Å². The summed E-state index contributed by atoms with van der Waals surface area (Å²) in [6.45, 7) is 7.32. The second kappa shape index (κ2) is 5.15. The van der Waals surface area contributed by atoms with Crippen LogP contribution in [0.4, 0.5) is 0 Å². The summed E-state index contributed by atoms with van der Waals surface area (Å²) in [4.78, 5) is 9.08. The highest BCUT2D eigenvalue weighted by molar-refractivity contribution is 6.41. The molecule has 1 atom stereocenters. The Bertz CT molecular complexity index is 216. The molecule has 2 nitrogen and oxygen atoms in total. The highest BCUT2D eigenvalue weighted by Crippen LogP contribution is 2.08. The Morgan fingerprint density at radius 2 is 2.15 bits per heavy atom. The quantitative estimate of drug-likeness (QED) is 0.594. The summed E-state index contributed by atoms with van der Waals surface area (Å²) in [6, 6.07) is 0.398. The van der Waals surface area contributed by atoms with Gasteiger partial charge in [0.2, 0.25) is 0 Å². The lowest BCUT2D eigenvalue weighted by atomic mass is 10.1. The third kappa shape index (κ3) is 3.29. The van der Waals surface area contributed by atoms with E-state index in [4.69, 9.17) is 0 Å². The second-order valence-electron chi connectivity index (χ2n) is 3.81. The molecule has 0 aliphatic carbocycles. The molecule has 0 aromatic rings. The van der Waals surface area contributed by atoms with Gasteiger partial charge in [-0.1, -0.05) is 19.8 Å². The maximum atomic E-state index is 4.55.